The van der Waals surface area contributed by atoms with E-state index in [0.29, 0.717) is 13.0 Å². The molecule has 5 nitrogen and oxygen atoms in total. The number of hydrogen-bond donors (Lipinski definition) is 1. The summed E-state index contributed by atoms with van der Waals surface area (Å²) in [6.07, 6.45) is 1.22. The summed E-state index contributed by atoms with van der Waals surface area (Å²) in [5.41, 5.74) is 3.51. The minimum atomic E-state index is -0.181. The van der Waals surface area contributed by atoms with Gasteiger partial charge in [0.05, 0.1) is 12.2 Å². The molecule has 1 aliphatic heterocycles. The largest absolute Gasteiger partial charge is 0.326 e. The van der Waals surface area contributed by atoms with Crippen molar-refractivity contribution in [3.8, 4) is 0 Å². The molecular weight excluding hydrogens is 334 g/mol. The average Bonchev–Trinajstić information content (AvgIpc) is 2.96. The molecule has 2 amide bonds. The second-order valence-corrected chi connectivity index (χ2v) is 6.59. The lowest BCUT2D eigenvalue weighted by atomic mass is 10.0. The molecule has 0 radical (unpaired) electrons. The number of halogens is 1. The first-order chi connectivity index (χ1) is 11.1. The van der Waals surface area contributed by atoms with Crippen molar-refractivity contribution >= 4 is 46.3 Å². The highest BCUT2D eigenvalue weighted by atomic mass is 35.5. The summed E-state index contributed by atoms with van der Waals surface area (Å²) in [6, 6.07) is 7.65. The topological polar surface area (TPSA) is 62.3 Å². The van der Waals surface area contributed by atoms with Gasteiger partial charge < -0.3 is 10.2 Å². The molecule has 0 saturated heterocycles. The average molecular weight is 350 g/mol. The smallest absolute Gasteiger partial charge is 0.242 e. The van der Waals surface area contributed by atoms with Crippen LogP contribution in [-0.2, 0) is 22.6 Å². The first kappa shape index (κ1) is 16.0. The molecule has 0 aliphatic carbocycles. The zero-order valence-electron chi connectivity index (χ0n) is 12.6. The van der Waals surface area contributed by atoms with E-state index < -0.39 is 0 Å². The van der Waals surface area contributed by atoms with Gasteiger partial charge in [-0.2, -0.15) is 4.37 Å². The lowest BCUT2D eigenvalue weighted by Crippen LogP contribution is -2.31. The summed E-state index contributed by atoms with van der Waals surface area (Å²) in [4.78, 5) is 26.4. The lowest BCUT2D eigenvalue weighted by molar-refractivity contribution is -0.117. The van der Waals surface area contributed by atoms with Gasteiger partial charge in [-0.1, -0.05) is 6.07 Å². The number of nitrogens with one attached hydrogen (secondary N) is 1. The van der Waals surface area contributed by atoms with E-state index >= 15 is 0 Å². The zero-order valence-corrected chi connectivity index (χ0v) is 14.2. The van der Waals surface area contributed by atoms with E-state index in [1.54, 1.807) is 4.90 Å². The number of alkyl halides is 1. The van der Waals surface area contributed by atoms with Crippen molar-refractivity contribution in [2.75, 3.05) is 16.1 Å². The van der Waals surface area contributed by atoms with Crippen LogP contribution < -0.4 is 10.2 Å². The molecule has 23 heavy (non-hydrogen) atoms. The van der Waals surface area contributed by atoms with Crippen LogP contribution in [0.1, 0.15) is 22.6 Å². The van der Waals surface area contributed by atoms with Crippen LogP contribution in [0.3, 0.4) is 0 Å². The molecule has 0 unspecified atom stereocenters. The molecule has 2 aromatic rings. The number of fused-ring (bicyclic) bond motifs is 1. The third-order valence-electron chi connectivity index (χ3n) is 3.71. The molecule has 3 rings (SSSR count). The van der Waals surface area contributed by atoms with Gasteiger partial charge in [-0.15, -0.1) is 11.6 Å². The van der Waals surface area contributed by atoms with Gasteiger partial charge in [0, 0.05) is 22.7 Å². The van der Waals surface area contributed by atoms with E-state index in [9.17, 15) is 9.59 Å². The Balaban J connectivity index is 1.91. The first-order valence-corrected chi connectivity index (χ1v) is 8.59. The highest BCUT2D eigenvalue weighted by molar-refractivity contribution is 7.05. The van der Waals surface area contributed by atoms with E-state index in [0.717, 1.165) is 33.9 Å². The molecule has 1 aromatic heterocycles. The summed E-state index contributed by atoms with van der Waals surface area (Å²) in [7, 11) is 0. The van der Waals surface area contributed by atoms with Gasteiger partial charge in [0.15, 0.2) is 0 Å². The summed E-state index contributed by atoms with van der Waals surface area (Å²) in [5.74, 6) is -0.274. The number of benzene rings is 1. The molecule has 1 aromatic carbocycles. The van der Waals surface area contributed by atoms with Gasteiger partial charge in [0.2, 0.25) is 11.8 Å². The number of carbonyl (C=O) groups is 2. The number of aryl methyl sites for hydroxylation is 2. The highest BCUT2D eigenvalue weighted by Gasteiger charge is 2.20. The summed E-state index contributed by atoms with van der Waals surface area (Å²) < 4.78 is 4.24. The SMILES string of the molecule is Cc1cc(CN(C(=O)CCl)c2ccc3c(c2)NC(=O)CC3)sn1. The number of carbonyl (C=O) groups excluding carboxylic acids is 2. The monoisotopic (exact) mass is 349 g/mol. The maximum absolute atomic E-state index is 12.2. The minimum absolute atomic E-state index is 0.00273. The van der Waals surface area contributed by atoms with Gasteiger partial charge >= 0.3 is 0 Å². The number of rotatable bonds is 4. The Bertz CT molecular complexity index is 760. The molecule has 0 bridgehead atoms. The first-order valence-electron chi connectivity index (χ1n) is 7.28. The number of hydrogen-bond acceptors (Lipinski definition) is 4. The Kier molecular flexibility index (Phi) is 4.63. The van der Waals surface area contributed by atoms with E-state index in [1.807, 2.05) is 31.2 Å². The Morgan fingerprint density at radius 3 is 2.91 bits per heavy atom. The van der Waals surface area contributed by atoms with E-state index in [-0.39, 0.29) is 17.7 Å². The second-order valence-electron chi connectivity index (χ2n) is 5.44. The number of amides is 2. The normalized spacial score (nSPS) is 13.4. The molecule has 0 atom stereocenters. The lowest BCUT2D eigenvalue weighted by Gasteiger charge is -2.24. The van der Waals surface area contributed by atoms with Crippen molar-refractivity contribution in [2.24, 2.45) is 0 Å². The van der Waals surface area contributed by atoms with Crippen LogP contribution in [0, 0.1) is 6.92 Å². The van der Waals surface area contributed by atoms with Gasteiger partial charge in [-0.05, 0) is 48.6 Å². The van der Waals surface area contributed by atoms with Gasteiger partial charge in [0.25, 0.3) is 0 Å². The zero-order chi connectivity index (χ0) is 16.4. The minimum Gasteiger partial charge on any atom is -0.326 e. The summed E-state index contributed by atoms with van der Waals surface area (Å²) >= 11 is 7.13. The van der Waals surface area contributed by atoms with Crippen LogP contribution in [0.5, 0.6) is 0 Å². The molecule has 2 heterocycles. The molecule has 0 fully saturated rings. The Morgan fingerprint density at radius 2 is 2.22 bits per heavy atom. The quantitative estimate of drug-likeness (QED) is 0.863. The van der Waals surface area contributed by atoms with Crippen LogP contribution in [0.15, 0.2) is 24.3 Å². The van der Waals surface area contributed by atoms with Gasteiger partial charge in [-0.3, -0.25) is 9.59 Å². The van der Waals surface area contributed by atoms with Crippen LogP contribution >= 0.6 is 23.1 Å². The van der Waals surface area contributed by atoms with Crippen molar-refractivity contribution in [3.63, 3.8) is 0 Å². The molecular formula is C16H16ClN3O2S. The predicted octanol–water partition coefficient (Wildman–Crippen LogP) is 3.11. The standard InChI is InChI=1S/C16H16ClN3O2S/c1-10-6-13(23-19-10)9-20(16(22)8-17)12-4-2-11-3-5-15(21)18-14(11)7-12/h2,4,6-7H,3,5,8-9H2,1H3,(H,18,21). The molecule has 0 saturated carbocycles. The fourth-order valence-electron chi connectivity index (χ4n) is 2.57. The maximum Gasteiger partial charge on any atom is 0.242 e. The number of aromatic nitrogens is 1. The summed E-state index contributed by atoms with van der Waals surface area (Å²) in [6.45, 7) is 2.34. The van der Waals surface area contributed by atoms with Crippen molar-refractivity contribution in [2.45, 2.75) is 26.3 Å². The molecule has 7 heteroatoms. The number of anilines is 2. The van der Waals surface area contributed by atoms with Crippen molar-refractivity contribution in [1.82, 2.24) is 4.37 Å². The van der Waals surface area contributed by atoms with E-state index in [4.69, 9.17) is 11.6 Å². The summed E-state index contributed by atoms with van der Waals surface area (Å²) in [5, 5.41) is 2.86. The number of nitrogens with zero attached hydrogens (tertiary/aromatic N) is 2. The third-order valence-corrected chi connectivity index (χ3v) is 4.80. The Labute approximate surface area is 143 Å². The predicted molar refractivity (Wildman–Crippen MR) is 92.2 cm³/mol. The van der Waals surface area contributed by atoms with Crippen molar-refractivity contribution in [1.29, 1.82) is 0 Å². The molecule has 120 valence electrons. The van der Waals surface area contributed by atoms with Crippen molar-refractivity contribution in [3.05, 3.63) is 40.4 Å². The molecule has 0 spiro atoms. The van der Waals surface area contributed by atoms with E-state index in [2.05, 4.69) is 9.69 Å². The van der Waals surface area contributed by atoms with Gasteiger partial charge in [0.1, 0.15) is 5.88 Å². The molecule has 1 aliphatic rings. The van der Waals surface area contributed by atoms with Crippen LogP contribution in [0.2, 0.25) is 0 Å². The van der Waals surface area contributed by atoms with Crippen molar-refractivity contribution < 1.29 is 9.59 Å². The van der Waals surface area contributed by atoms with Crippen LogP contribution in [-0.4, -0.2) is 22.1 Å². The fraction of sp³-hybridized carbons (Fsp3) is 0.312. The highest BCUT2D eigenvalue weighted by Crippen LogP contribution is 2.29. The maximum atomic E-state index is 12.2. The van der Waals surface area contributed by atoms with Crippen LogP contribution in [0.4, 0.5) is 11.4 Å². The second kappa shape index (κ2) is 6.68. The van der Waals surface area contributed by atoms with E-state index in [1.165, 1.54) is 11.5 Å². The fourth-order valence-corrected chi connectivity index (χ4v) is 3.44. The molecule has 1 N–H and O–H groups in total. The van der Waals surface area contributed by atoms with Crippen LogP contribution in [0.25, 0.3) is 0 Å². The Morgan fingerprint density at radius 1 is 1.39 bits per heavy atom. The van der Waals surface area contributed by atoms with Gasteiger partial charge in [-0.25, -0.2) is 0 Å². The Hall–Kier alpha value is -1.92. The third kappa shape index (κ3) is 3.54.